The molecule has 0 aliphatic heterocycles. The van der Waals surface area contributed by atoms with Crippen LogP contribution in [0.25, 0.3) is 0 Å². The topological polar surface area (TPSA) is 26.3 Å². The van der Waals surface area contributed by atoms with Crippen LogP contribution in [-0.4, -0.2) is 24.4 Å². The fraction of sp³-hybridized carbons (Fsp3) is 0.909. The molecule has 1 aliphatic carbocycles. The molecule has 17 heavy (non-hydrogen) atoms. The molecule has 0 aromatic rings. The van der Waals surface area contributed by atoms with Gasteiger partial charge >= 0.3 is 17.8 Å². The van der Waals surface area contributed by atoms with Gasteiger partial charge in [0.05, 0.1) is 13.0 Å². The maximum Gasteiger partial charge on any atom is 0.313 e. The minimum atomic E-state index is -4.14. The van der Waals surface area contributed by atoms with Crippen molar-refractivity contribution in [2.75, 3.05) is 6.61 Å². The predicted octanol–water partition coefficient (Wildman–Crippen LogP) is 3.40. The van der Waals surface area contributed by atoms with Crippen molar-refractivity contribution in [2.45, 2.75) is 50.9 Å². The largest absolute Gasteiger partial charge is 0.465 e. The molecule has 0 N–H and O–H groups in total. The summed E-state index contributed by atoms with van der Waals surface area (Å²) in [5, 5.41) is 0. The van der Waals surface area contributed by atoms with Gasteiger partial charge in [0.15, 0.2) is 0 Å². The van der Waals surface area contributed by atoms with Crippen molar-refractivity contribution in [3.8, 4) is 0 Å². The molecule has 0 radical (unpaired) electrons. The summed E-state index contributed by atoms with van der Waals surface area (Å²) in [5.41, 5.74) is 0. The van der Waals surface area contributed by atoms with Crippen LogP contribution in [0.4, 0.5) is 17.6 Å². The lowest BCUT2D eigenvalue weighted by Gasteiger charge is -2.22. The highest BCUT2D eigenvalue weighted by Crippen LogP contribution is 2.36. The van der Waals surface area contributed by atoms with Gasteiger partial charge in [-0.05, 0) is 12.3 Å². The molecule has 0 saturated heterocycles. The molecule has 0 bridgehead atoms. The SMILES string of the molecule is CC(F)(F)C(F)(F)CCOC(=O)CCC1CC1. The summed E-state index contributed by atoms with van der Waals surface area (Å²) in [7, 11) is 0. The number of halogens is 4. The first-order valence-corrected chi connectivity index (χ1v) is 5.63. The average molecular weight is 256 g/mol. The summed E-state index contributed by atoms with van der Waals surface area (Å²) in [5.74, 6) is -8.27. The second-order valence-electron chi connectivity index (χ2n) is 4.55. The number of alkyl halides is 4. The first-order valence-electron chi connectivity index (χ1n) is 5.63. The molecule has 0 aromatic heterocycles. The molecule has 0 spiro atoms. The van der Waals surface area contributed by atoms with Crippen molar-refractivity contribution in [1.29, 1.82) is 0 Å². The molecule has 1 fully saturated rings. The third-order valence-corrected chi connectivity index (χ3v) is 2.77. The van der Waals surface area contributed by atoms with E-state index in [-0.39, 0.29) is 13.3 Å². The van der Waals surface area contributed by atoms with Crippen molar-refractivity contribution in [3.63, 3.8) is 0 Å². The van der Waals surface area contributed by atoms with Crippen LogP contribution in [0, 0.1) is 5.92 Å². The Morgan fingerprint density at radius 3 is 2.35 bits per heavy atom. The monoisotopic (exact) mass is 256 g/mol. The molecule has 0 unspecified atom stereocenters. The van der Waals surface area contributed by atoms with E-state index in [4.69, 9.17) is 0 Å². The van der Waals surface area contributed by atoms with E-state index in [0.717, 1.165) is 12.8 Å². The zero-order valence-corrected chi connectivity index (χ0v) is 9.65. The van der Waals surface area contributed by atoms with E-state index in [1.54, 1.807) is 0 Å². The highest BCUT2D eigenvalue weighted by Gasteiger charge is 2.51. The number of carbonyl (C=O) groups is 1. The van der Waals surface area contributed by atoms with Gasteiger partial charge in [-0.25, -0.2) is 8.78 Å². The van der Waals surface area contributed by atoms with Gasteiger partial charge in [0, 0.05) is 13.3 Å². The molecular weight excluding hydrogens is 240 g/mol. The molecule has 0 amide bonds. The first kappa shape index (κ1) is 14.3. The predicted molar refractivity (Wildman–Crippen MR) is 53.1 cm³/mol. The van der Waals surface area contributed by atoms with Gasteiger partial charge in [-0.1, -0.05) is 12.8 Å². The van der Waals surface area contributed by atoms with Gasteiger partial charge in [0.25, 0.3) is 0 Å². The van der Waals surface area contributed by atoms with Gasteiger partial charge in [-0.15, -0.1) is 0 Å². The highest BCUT2D eigenvalue weighted by atomic mass is 19.3. The smallest absolute Gasteiger partial charge is 0.313 e. The van der Waals surface area contributed by atoms with Crippen molar-refractivity contribution in [1.82, 2.24) is 0 Å². The highest BCUT2D eigenvalue weighted by molar-refractivity contribution is 5.69. The number of rotatable bonds is 7. The van der Waals surface area contributed by atoms with Crippen LogP contribution in [-0.2, 0) is 9.53 Å². The molecule has 0 heterocycles. The fourth-order valence-corrected chi connectivity index (χ4v) is 1.31. The van der Waals surface area contributed by atoms with Crippen LogP contribution in [0.2, 0.25) is 0 Å². The summed E-state index contributed by atoms with van der Waals surface area (Å²) >= 11 is 0. The van der Waals surface area contributed by atoms with Crippen LogP contribution in [0.15, 0.2) is 0 Å². The number of esters is 1. The number of hydrogen-bond acceptors (Lipinski definition) is 2. The van der Waals surface area contributed by atoms with E-state index in [1.807, 2.05) is 0 Å². The lowest BCUT2D eigenvalue weighted by molar-refractivity contribution is -0.206. The summed E-state index contributed by atoms with van der Waals surface area (Å²) in [4.78, 5) is 11.1. The Bertz CT molecular complexity index is 269. The maximum atomic E-state index is 12.8. The van der Waals surface area contributed by atoms with Crippen LogP contribution in [0.5, 0.6) is 0 Å². The number of carbonyl (C=O) groups excluding carboxylic acids is 1. The molecule has 1 aliphatic rings. The van der Waals surface area contributed by atoms with Crippen molar-refractivity contribution in [2.24, 2.45) is 5.92 Å². The Hall–Kier alpha value is -0.810. The van der Waals surface area contributed by atoms with Gasteiger partial charge in [-0.2, -0.15) is 8.78 Å². The lowest BCUT2D eigenvalue weighted by Crippen LogP contribution is -2.38. The zero-order chi connectivity index (χ0) is 13.1. The fourth-order valence-electron chi connectivity index (χ4n) is 1.31. The van der Waals surface area contributed by atoms with E-state index in [2.05, 4.69) is 4.74 Å². The van der Waals surface area contributed by atoms with E-state index >= 15 is 0 Å². The van der Waals surface area contributed by atoms with E-state index < -0.39 is 30.8 Å². The summed E-state index contributed by atoms with van der Waals surface area (Å²) in [6.45, 7) is -0.512. The summed E-state index contributed by atoms with van der Waals surface area (Å²) in [6, 6.07) is 0. The van der Waals surface area contributed by atoms with Crippen LogP contribution < -0.4 is 0 Å². The molecular formula is C11H16F4O2. The van der Waals surface area contributed by atoms with Crippen molar-refractivity contribution < 1.29 is 27.1 Å². The quantitative estimate of drug-likeness (QED) is 0.515. The van der Waals surface area contributed by atoms with Gasteiger partial charge in [0.1, 0.15) is 0 Å². The van der Waals surface area contributed by atoms with Crippen LogP contribution >= 0.6 is 0 Å². The van der Waals surface area contributed by atoms with Crippen LogP contribution in [0.3, 0.4) is 0 Å². The Morgan fingerprint density at radius 2 is 1.88 bits per heavy atom. The van der Waals surface area contributed by atoms with E-state index in [0.29, 0.717) is 12.3 Å². The summed E-state index contributed by atoms with van der Waals surface area (Å²) < 4.78 is 54.8. The Morgan fingerprint density at radius 1 is 1.29 bits per heavy atom. The normalized spacial score (nSPS) is 17.0. The third kappa shape index (κ3) is 4.91. The molecule has 100 valence electrons. The van der Waals surface area contributed by atoms with Crippen LogP contribution in [0.1, 0.15) is 39.0 Å². The standard InChI is InChI=1S/C11H16F4O2/c1-10(12,13)11(14,15)6-7-17-9(16)5-4-8-2-3-8/h8H,2-7H2,1H3. The summed E-state index contributed by atoms with van der Waals surface area (Å²) in [6.07, 6.45) is 1.91. The lowest BCUT2D eigenvalue weighted by atomic mass is 10.1. The second-order valence-corrected chi connectivity index (χ2v) is 4.55. The molecule has 0 atom stereocenters. The molecule has 1 saturated carbocycles. The van der Waals surface area contributed by atoms with Gasteiger partial charge < -0.3 is 4.74 Å². The number of hydrogen-bond donors (Lipinski definition) is 0. The van der Waals surface area contributed by atoms with Gasteiger partial charge in [0.2, 0.25) is 0 Å². The average Bonchev–Trinajstić information content (AvgIpc) is 2.96. The van der Waals surface area contributed by atoms with Gasteiger partial charge in [-0.3, -0.25) is 4.79 Å². The van der Waals surface area contributed by atoms with Crippen molar-refractivity contribution in [3.05, 3.63) is 0 Å². The Balaban J connectivity index is 2.15. The minimum Gasteiger partial charge on any atom is -0.465 e. The zero-order valence-electron chi connectivity index (χ0n) is 9.65. The molecule has 1 rings (SSSR count). The minimum absolute atomic E-state index is 0.155. The molecule has 0 aromatic carbocycles. The second kappa shape index (κ2) is 5.23. The Kier molecular flexibility index (Phi) is 4.38. The number of ether oxygens (including phenoxy) is 1. The molecule has 2 nitrogen and oxygen atoms in total. The van der Waals surface area contributed by atoms with Crippen molar-refractivity contribution >= 4 is 5.97 Å². The first-order chi connectivity index (χ1) is 7.72. The Labute approximate surface area is 97.3 Å². The molecule has 6 heteroatoms. The van der Waals surface area contributed by atoms with E-state index in [1.165, 1.54) is 0 Å². The maximum absolute atomic E-state index is 12.8. The third-order valence-electron chi connectivity index (χ3n) is 2.77. The van der Waals surface area contributed by atoms with E-state index in [9.17, 15) is 22.4 Å².